The average molecular weight is 287 g/mol. The summed E-state index contributed by atoms with van der Waals surface area (Å²) < 4.78 is 11.0. The Morgan fingerprint density at radius 1 is 1.37 bits per heavy atom. The Morgan fingerprint density at radius 3 is 2.84 bits per heavy atom. The van der Waals surface area contributed by atoms with Crippen LogP contribution in [0.3, 0.4) is 0 Å². The topological polar surface area (TPSA) is 76.0 Å². The maximum absolute atomic E-state index is 10.5. The minimum atomic E-state index is -0.945. The number of fused-ring (bicyclic) bond motifs is 1. The first kappa shape index (κ1) is 14.0. The Morgan fingerprint density at radius 2 is 2.11 bits per heavy atom. The highest BCUT2D eigenvalue weighted by atomic mass is 35.5. The summed E-state index contributed by atoms with van der Waals surface area (Å²) in [6.45, 7) is 1.06. The molecular formula is C13H15ClO5. The number of carboxylic acids is 1. The SMILES string of the molecule is O=C(O)CCC(O)c1cc(Cl)c2c(c1)OCCCO2. The molecule has 0 bridgehead atoms. The van der Waals surface area contributed by atoms with Crippen LogP contribution in [-0.2, 0) is 4.79 Å². The van der Waals surface area contributed by atoms with Crippen LogP contribution >= 0.6 is 11.6 Å². The number of ether oxygens (including phenoxy) is 2. The first-order valence-corrected chi connectivity index (χ1v) is 6.44. The van der Waals surface area contributed by atoms with Gasteiger partial charge in [0.25, 0.3) is 0 Å². The fourth-order valence-electron chi connectivity index (χ4n) is 1.87. The lowest BCUT2D eigenvalue weighted by molar-refractivity contribution is -0.137. The number of aliphatic hydroxyl groups is 1. The van der Waals surface area contributed by atoms with E-state index in [0.717, 1.165) is 6.42 Å². The van der Waals surface area contributed by atoms with E-state index in [4.69, 9.17) is 26.2 Å². The van der Waals surface area contributed by atoms with Crippen molar-refractivity contribution in [1.82, 2.24) is 0 Å². The minimum absolute atomic E-state index is 0.104. The van der Waals surface area contributed by atoms with Gasteiger partial charge in [-0.3, -0.25) is 4.79 Å². The molecule has 1 aromatic rings. The minimum Gasteiger partial charge on any atom is -0.489 e. The van der Waals surface area contributed by atoms with Gasteiger partial charge in [-0.2, -0.15) is 0 Å². The number of hydrogen-bond acceptors (Lipinski definition) is 4. The normalized spacial score (nSPS) is 15.7. The van der Waals surface area contributed by atoms with Crippen molar-refractivity contribution in [3.63, 3.8) is 0 Å². The zero-order valence-corrected chi connectivity index (χ0v) is 11.0. The van der Waals surface area contributed by atoms with E-state index in [0.29, 0.717) is 35.3 Å². The molecule has 2 rings (SSSR count). The number of aliphatic carboxylic acids is 1. The lowest BCUT2D eigenvalue weighted by Crippen LogP contribution is -2.03. The van der Waals surface area contributed by atoms with Crippen LogP contribution in [0.5, 0.6) is 11.5 Å². The molecule has 1 aliphatic rings. The molecular weight excluding hydrogens is 272 g/mol. The smallest absolute Gasteiger partial charge is 0.303 e. The van der Waals surface area contributed by atoms with E-state index in [1.54, 1.807) is 12.1 Å². The molecule has 0 radical (unpaired) electrons. The summed E-state index contributed by atoms with van der Waals surface area (Å²) in [5, 5.41) is 18.9. The van der Waals surface area contributed by atoms with Crippen molar-refractivity contribution in [2.45, 2.75) is 25.4 Å². The first-order valence-electron chi connectivity index (χ1n) is 6.07. The van der Waals surface area contributed by atoms with Crippen LogP contribution in [-0.4, -0.2) is 29.4 Å². The van der Waals surface area contributed by atoms with Gasteiger partial charge in [0.2, 0.25) is 0 Å². The molecule has 0 aliphatic carbocycles. The van der Waals surface area contributed by atoms with E-state index in [1.807, 2.05) is 0 Å². The number of carbonyl (C=O) groups is 1. The molecule has 104 valence electrons. The molecule has 0 spiro atoms. The fraction of sp³-hybridized carbons (Fsp3) is 0.462. The molecule has 6 heteroatoms. The summed E-state index contributed by atoms with van der Waals surface area (Å²) in [5.41, 5.74) is 0.538. The second kappa shape index (κ2) is 6.12. The van der Waals surface area contributed by atoms with Crippen molar-refractivity contribution in [3.05, 3.63) is 22.7 Å². The second-order valence-electron chi connectivity index (χ2n) is 4.33. The van der Waals surface area contributed by atoms with Crippen LogP contribution in [0.4, 0.5) is 0 Å². The standard InChI is InChI=1S/C13H15ClO5/c14-9-6-8(10(15)2-3-12(16)17)7-11-13(9)19-5-1-4-18-11/h6-7,10,15H,1-5H2,(H,16,17). The van der Waals surface area contributed by atoms with Crippen molar-refractivity contribution in [1.29, 1.82) is 0 Å². The quantitative estimate of drug-likeness (QED) is 0.889. The Kier molecular flexibility index (Phi) is 4.50. The molecule has 1 aromatic carbocycles. The number of benzene rings is 1. The molecule has 0 amide bonds. The summed E-state index contributed by atoms with van der Waals surface area (Å²) >= 11 is 6.09. The second-order valence-corrected chi connectivity index (χ2v) is 4.74. The molecule has 1 atom stereocenters. The summed E-state index contributed by atoms with van der Waals surface area (Å²) in [6, 6.07) is 3.24. The Labute approximate surface area is 115 Å². The first-order chi connectivity index (χ1) is 9.08. The van der Waals surface area contributed by atoms with Crippen LogP contribution in [0.25, 0.3) is 0 Å². The van der Waals surface area contributed by atoms with Crippen molar-refractivity contribution < 1.29 is 24.5 Å². The van der Waals surface area contributed by atoms with Gasteiger partial charge in [-0.1, -0.05) is 11.6 Å². The van der Waals surface area contributed by atoms with Crippen molar-refractivity contribution in [2.24, 2.45) is 0 Å². The van der Waals surface area contributed by atoms with Gasteiger partial charge in [0, 0.05) is 12.8 Å². The average Bonchev–Trinajstić information content (AvgIpc) is 2.61. The molecule has 5 nitrogen and oxygen atoms in total. The zero-order chi connectivity index (χ0) is 13.8. The predicted octanol–water partition coefficient (Wildman–Crippen LogP) is 2.40. The molecule has 0 fully saturated rings. The van der Waals surface area contributed by atoms with Gasteiger partial charge in [0.1, 0.15) is 0 Å². The zero-order valence-electron chi connectivity index (χ0n) is 10.3. The Balaban J connectivity index is 2.20. The summed E-state index contributed by atoms with van der Waals surface area (Å²) in [5.74, 6) is 0.0298. The largest absolute Gasteiger partial charge is 0.489 e. The van der Waals surface area contributed by atoms with Crippen molar-refractivity contribution in [3.8, 4) is 11.5 Å². The molecule has 1 aliphatic heterocycles. The van der Waals surface area contributed by atoms with Crippen LogP contribution in [0.15, 0.2) is 12.1 Å². The molecule has 0 aromatic heterocycles. The third-order valence-electron chi connectivity index (χ3n) is 2.84. The number of carboxylic acid groups (broad SMARTS) is 1. The van der Waals surface area contributed by atoms with E-state index >= 15 is 0 Å². The van der Waals surface area contributed by atoms with Crippen molar-refractivity contribution in [2.75, 3.05) is 13.2 Å². The third kappa shape index (κ3) is 3.52. The highest BCUT2D eigenvalue weighted by Crippen LogP contribution is 2.39. The molecule has 2 N–H and O–H groups in total. The highest BCUT2D eigenvalue weighted by molar-refractivity contribution is 6.32. The van der Waals surface area contributed by atoms with Crippen molar-refractivity contribution >= 4 is 17.6 Å². The van der Waals surface area contributed by atoms with Gasteiger partial charge in [-0.25, -0.2) is 0 Å². The molecule has 1 heterocycles. The van der Waals surface area contributed by atoms with Crippen LogP contribution in [0.2, 0.25) is 5.02 Å². The van der Waals surface area contributed by atoms with E-state index in [1.165, 1.54) is 0 Å². The fourth-order valence-corrected chi connectivity index (χ4v) is 2.14. The molecule has 0 saturated heterocycles. The Bertz CT molecular complexity index is 474. The predicted molar refractivity (Wildman–Crippen MR) is 68.9 cm³/mol. The van der Waals surface area contributed by atoms with Gasteiger partial charge >= 0.3 is 5.97 Å². The summed E-state index contributed by atoms with van der Waals surface area (Å²) in [4.78, 5) is 10.5. The molecule has 19 heavy (non-hydrogen) atoms. The van der Waals surface area contributed by atoms with Crippen LogP contribution in [0, 0.1) is 0 Å². The Hall–Kier alpha value is -1.46. The van der Waals surface area contributed by atoms with Gasteiger partial charge in [0.05, 0.1) is 24.3 Å². The van der Waals surface area contributed by atoms with Gasteiger partial charge in [-0.05, 0) is 24.1 Å². The molecule has 0 saturated carbocycles. The maximum atomic E-state index is 10.5. The highest BCUT2D eigenvalue weighted by Gasteiger charge is 2.19. The van der Waals surface area contributed by atoms with Gasteiger partial charge < -0.3 is 19.7 Å². The lowest BCUT2D eigenvalue weighted by Gasteiger charge is -2.14. The van der Waals surface area contributed by atoms with Gasteiger partial charge in [0.15, 0.2) is 11.5 Å². The maximum Gasteiger partial charge on any atom is 0.303 e. The molecule has 1 unspecified atom stereocenters. The van der Waals surface area contributed by atoms with Crippen LogP contribution < -0.4 is 9.47 Å². The number of halogens is 1. The third-order valence-corrected chi connectivity index (χ3v) is 3.12. The van der Waals surface area contributed by atoms with Crippen LogP contribution in [0.1, 0.15) is 30.9 Å². The summed E-state index contributed by atoms with van der Waals surface area (Å²) in [6.07, 6.45) is -0.0915. The summed E-state index contributed by atoms with van der Waals surface area (Å²) in [7, 11) is 0. The number of hydrogen-bond donors (Lipinski definition) is 2. The number of aliphatic hydroxyl groups excluding tert-OH is 1. The lowest BCUT2D eigenvalue weighted by atomic mass is 10.0. The van der Waals surface area contributed by atoms with E-state index in [2.05, 4.69) is 0 Å². The number of rotatable bonds is 4. The monoisotopic (exact) mass is 286 g/mol. The van der Waals surface area contributed by atoms with Gasteiger partial charge in [-0.15, -0.1) is 0 Å². The van der Waals surface area contributed by atoms with E-state index < -0.39 is 12.1 Å². The van der Waals surface area contributed by atoms with E-state index in [-0.39, 0.29) is 12.8 Å². The van der Waals surface area contributed by atoms with E-state index in [9.17, 15) is 9.90 Å².